The topological polar surface area (TPSA) is 115 Å². The van der Waals surface area contributed by atoms with Crippen molar-refractivity contribution in [2.24, 2.45) is 5.92 Å². The van der Waals surface area contributed by atoms with Crippen molar-refractivity contribution in [3.8, 4) is 0 Å². The number of allylic oxidation sites excluding steroid dienone is 4. The molecule has 0 saturated carbocycles. The molecule has 0 bridgehead atoms. The minimum atomic E-state index is -0.833. The lowest BCUT2D eigenvalue weighted by Crippen LogP contribution is -2.19. The van der Waals surface area contributed by atoms with E-state index >= 15 is 0 Å². The maximum atomic E-state index is 9.49. The fourth-order valence-corrected chi connectivity index (χ4v) is 1.78. The molecule has 0 rings (SSSR count). The molecular weight excluding hydrogens is 384 g/mol. The van der Waals surface area contributed by atoms with Crippen molar-refractivity contribution >= 4 is 11.9 Å². The van der Waals surface area contributed by atoms with Gasteiger partial charge in [0.15, 0.2) is 0 Å². The van der Waals surface area contributed by atoms with Crippen molar-refractivity contribution in [1.29, 1.82) is 0 Å². The Kier molecular flexibility index (Phi) is 27.7. The van der Waals surface area contributed by atoms with Crippen LogP contribution in [0.4, 0.5) is 0 Å². The molecule has 6 heteroatoms. The molecular formula is C24H46O6. The number of carboxylic acids is 2. The highest BCUT2D eigenvalue weighted by molar-refractivity contribution is 5.63. The normalized spacial score (nSPS) is 11.9. The third-order valence-electron chi connectivity index (χ3n) is 3.48. The second kappa shape index (κ2) is 23.4. The van der Waals surface area contributed by atoms with Crippen LogP contribution in [0.1, 0.15) is 87.5 Å². The van der Waals surface area contributed by atoms with Gasteiger partial charge in [-0.25, -0.2) is 0 Å². The molecule has 4 N–H and O–H groups in total. The van der Waals surface area contributed by atoms with Crippen LogP contribution in [0.3, 0.4) is 0 Å². The van der Waals surface area contributed by atoms with Crippen LogP contribution in [-0.2, 0) is 9.59 Å². The number of rotatable bonds is 9. The number of carbonyl (C=O) groups is 2. The molecule has 0 aliphatic carbocycles. The Morgan fingerprint density at radius 3 is 1.57 bits per heavy atom. The van der Waals surface area contributed by atoms with Gasteiger partial charge in [0, 0.05) is 20.5 Å². The average molecular weight is 431 g/mol. The van der Waals surface area contributed by atoms with Gasteiger partial charge in [0.25, 0.3) is 11.9 Å². The van der Waals surface area contributed by atoms with Gasteiger partial charge in [-0.3, -0.25) is 9.59 Å². The molecule has 0 fully saturated rings. The quantitative estimate of drug-likeness (QED) is 0.354. The van der Waals surface area contributed by atoms with E-state index in [-0.39, 0.29) is 0 Å². The van der Waals surface area contributed by atoms with Gasteiger partial charge in [0.05, 0.1) is 5.60 Å². The van der Waals surface area contributed by atoms with Crippen molar-refractivity contribution in [1.82, 2.24) is 0 Å². The van der Waals surface area contributed by atoms with Crippen LogP contribution in [0.2, 0.25) is 0 Å². The molecule has 0 saturated heterocycles. The van der Waals surface area contributed by atoms with Crippen molar-refractivity contribution in [2.75, 3.05) is 6.61 Å². The summed E-state index contributed by atoms with van der Waals surface area (Å²) in [6.45, 7) is 18.4. The first-order valence-corrected chi connectivity index (χ1v) is 10.2. The van der Waals surface area contributed by atoms with Gasteiger partial charge in [-0.1, -0.05) is 36.3 Å². The summed E-state index contributed by atoms with van der Waals surface area (Å²) in [5.74, 6) is -1.00. The van der Waals surface area contributed by atoms with Crippen LogP contribution < -0.4 is 0 Å². The molecule has 30 heavy (non-hydrogen) atoms. The monoisotopic (exact) mass is 430 g/mol. The first-order valence-electron chi connectivity index (χ1n) is 10.2. The maximum absolute atomic E-state index is 9.49. The van der Waals surface area contributed by atoms with Gasteiger partial charge >= 0.3 is 0 Å². The third-order valence-corrected chi connectivity index (χ3v) is 3.48. The average Bonchev–Trinajstić information content (AvgIpc) is 2.53. The highest BCUT2D eigenvalue weighted by Gasteiger charge is 2.12. The Morgan fingerprint density at radius 1 is 0.900 bits per heavy atom. The standard InChI is InChI=1S/C10H20O.C10H18O.2C2H4O2/c1-9(2)5-4-6-10(3)7-8-11;1-5-10(4,11)8-6-7-9(2)3;2*1-2(3)4/h5,10-11H,4,6-8H2,1-3H3;5,7,11H,1,6,8H2,2-4H3;2*1H3,(H,3,4). The summed E-state index contributed by atoms with van der Waals surface area (Å²) in [7, 11) is 0. The Labute approximate surface area is 184 Å². The molecule has 0 aromatic heterocycles. The second-order valence-corrected chi connectivity index (χ2v) is 7.90. The molecule has 0 amide bonds. The molecule has 0 aromatic rings. The first kappa shape index (κ1) is 35.5. The SMILES string of the molecule is C=CC(C)(O)CCC=C(C)C.CC(=O)O.CC(=O)O.CC(C)=CCCC(C)CCO. The van der Waals surface area contributed by atoms with Gasteiger partial charge in [0.2, 0.25) is 0 Å². The highest BCUT2D eigenvalue weighted by Crippen LogP contribution is 2.13. The molecule has 0 aromatic carbocycles. The fraction of sp³-hybridized carbons (Fsp3) is 0.667. The maximum Gasteiger partial charge on any atom is 0.300 e. The minimum Gasteiger partial charge on any atom is -0.481 e. The summed E-state index contributed by atoms with van der Waals surface area (Å²) in [6.07, 6.45) is 10.9. The van der Waals surface area contributed by atoms with E-state index in [1.165, 1.54) is 17.6 Å². The second-order valence-electron chi connectivity index (χ2n) is 7.90. The van der Waals surface area contributed by atoms with Crippen molar-refractivity contribution in [2.45, 2.75) is 93.1 Å². The van der Waals surface area contributed by atoms with E-state index in [1.54, 1.807) is 13.0 Å². The smallest absolute Gasteiger partial charge is 0.300 e. The lowest BCUT2D eigenvalue weighted by molar-refractivity contribution is -0.135. The molecule has 2 unspecified atom stereocenters. The van der Waals surface area contributed by atoms with Crippen LogP contribution in [0, 0.1) is 5.92 Å². The molecule has 178 valence electrons. The third kappa shape index (κ3) is 56.2. The first-order chi connectivity index (χ1) is 13.6. The molecule has 0 heterocycles. The number of aliphatic carboxylic acids is 2. The van der Waals surface area contributed by atoms with Crippen molar-refractivity contribution in [3.05, 3.63) is 36.0 Å². The molecule has 0 radical (unpaired) electrons. The van der Waals surface area contributed by atoms with Crippen LogP contribution in [0.25, 0.3) is 0 Å². The molecule has 0 aliphatic rings. The lowest BCUT2D eigenvalue weighted by Gasteiger charge is -2.16. The zero-order valence-corrected chi connectivity index (χ0v) is 20.4. The van der Waals surface area contributed by atoms with Crippen LogP contribution in [0.15, 0.2) is 36.0 Å². The summed E-state index contributed by atoms with van der Waals surface area (Å²) < 4.78 is 0. The zero-order valence-electron chi connectivity index (χ0n) is 20.4. The Bertz CT molecular complexity index is 476. The molecule has 6 nitrogen and oxygen atoms in total. The van der Waals surface area contributed by atoms with Crippen LogP contribution in [-0.4, -0.2) is 44.6 Å². The van der Waals surface area contributed by atoms with Gasteiger partial charge in [-0.05, 0) is 72.6 Å². The van der Waals surface area contributed by atoms with Crippen molar-refractivity contribution < 1.29 is 30.0 Å². The minimum absolute atomic E-state index is 0.329. The summed E-state index contributed by atoms with van der Waals surface area (Å²) in [4.78, 5) is 18.0. The lowest BCUT2D eigenvalue weighted by atomic mass is 10.00. The number of hydrogen-bond acceptors (Lipinski definition) is 4. The number of carboxylic acid groups (broad SMARTS) is 2. The molecule has 2 atom stereocenters. The predicted octanol–water partition coefficient (Wildman–Crippen LogP) is 5.60. The van der Waals surface area contributed by atoms with Crippen molar-refractivity contribution in [3.63, 3.8) is 0 Å². The van der Waals surface area contributed by atoms with Gasteiger partial charge in [0.1, 0.15) is 0 Å². The van der Waals surface area contributed by atoms with E-state index in [9.17, 15) is 5.11 Å². The number of hydrogen-bond donors (Lipinski definition) is 4. The van der Waals surface area contributed by atoms with E-state index in [1.807, 2.05) is 0 Å². The summed E-state index contributed by atoms with van der Waals surface area (Å²) >= 11 is 0. The molecule has 0 spiro atoms. The predicted molar refractivity (Wildman–Crippen MR) is 126 cm³/mol. The van der Waals surface area contributed by atoms with E-state index in [4.69, 9.17) is 24.9 Å². The van der Waals surface area contributed by atoms with E-state index in [0.29, 0.717) is 12.5 Å². The molecule has 0 aliphatic heterocycles. The van der Waals surface area contributed by atoms with Gasteiger partial charge in [-0.2, -0.15) is 0 Å². The Morgan fingerprint density at radius 2 is 1.27 bits per heavy atom. The number of aliphatic hydroxyl groups excluding tert-OH is 1. The number of aliphatic hydroxyl groups is 2. The highest BCUT2D eigenvalue weighted by atomic mass is 16.4. The summed E-state index contributed by atoms with van der Waals surface area (Å²) in [6, 6.07) is 0. The van der Waals surface area contributed by atoms with E-state index < -0.39 is 17.5 Å². The van der Waals surface area contributed by atoms with Crippen LogP contribution >= 0.6 is 0 Å². The largest absolute Gasteiger partial charge is 0.481 e. The van der Waals surface area contributed by atoms with E-state index in [0.717, 1.165) is 39.5 Å². The van der Waals surface area contributed by atoms with Gasteiger partial charge < -0.3 is 20.4 Å². The zero-order chi connectivity index (χ0) is 24.8. The van der Waals surface area contributed by atoms with Crippen LogP contribution in [0.5, 0.6) is 0 Å². The summed E-state index contributed by atoms with van der Waals surface area (Å²) in [5.41, 5.74) is 1.98. The fourth-order valence-electron chi connectivity index (χ4n) is 1.78. The van der Waals surface area contributed by atoms with E-state index in [2.05, 4.69) is 53.3 Å². The Balaban J connectivity index is -0.000000167. The summed E-state index contributed by atoms with van der Waals surface area (Å²) in [5, 5.41) is 33.0. The van der Waals surface area contributed by atoms with Gasteiger partial charge in [-0.15, -0.1) is 6.58 Å². The Hall–Kier alpha value is -1.92.